The van der Waals surface area contributed by atoms with Gasteiger partial charge in [0.05, 0.1) is 0 Å². The molecule has 0 aromatic heterocycles. The highest BCUT2D eigenvalue weighted by Gasteiger charge is 2.31. The van der Waals surface area contributed by atoms with Crippen molar-refractivity contribution in [3.8, 4) is 0 Å². The second-order valence-electron chi connectivity index (χ2n) is 5.87. The summed E-state index contributed by atoms with van der Waals surface area (Å²) in [5.74, 6) is 0.280. The number of halogens is 1. The lowest BCUT2D eigenvalue weighted by atomic mass is 10.0. The van der Waals surface area contributed by atoms with E-state index in [1.165, 1.54) is 0 Å². The molecule has 21 heavy (non-hydrogen) atoms. The van der Waals surface area contributed by atoms with Gasteiger partial charge in [-0.25, -0.2) is 0 Å². The summed E-state index contributed by atoms with van der Waals surface area (Å²) >= 11 is 3.50. The summed E-state index contributed by atoms with van der Waals surface area (Å²) in [4.78, 5) is 26.4. The van der Waals surface area contributed by atoms with Crippen LogP contribution in [0.2, 0.25) is 0 Å². The van der Waals surface area contributed by atoms with Gasteiger partial charge in [-0.15, -0.1) is 0 Å². The molecule has 0 bridgehead atoms. The number of nitrogens with one attached hydrogen (secondary N) is 1. The van der Waals surface area contributed by atoms with Crippen LogP contribution in [0, 0.1) is 12.8 Å². The fourth-order valence-electron chi connectivity index (χ4n) is 2.60. The van der Waals surface area contributed by atoms with E-state index in [1.807, 2.05) is 25.1 Å². The van der Waals surface area contributed by atoms with Gasteiger partial charge in [-0.1, -0.05) is 35.8 Å². The van der Waals surface area contributed by atoms with E-state index in [4.69, 9.17) is 0 Å². The highest BCUT2D eigenvalue weighted by molar-refractivity contribution is 9.10. The summed E-state index contributed by atoms with van der Waals surface area (Å²) in [7, 11) is 0. The molecule has 0 radical (unpaired) electrons. The maximum absolute atomic E-state index is 12.8. The van der Waals surface area contributed by atoms with Gasteiger partial charge < -0.3 is 10.2 Å². The molecule has 1 aliphatic heterocycles. The second-order valence-corrected chi connectivity index (χ2v) is 6.73. The Hall–Kier alpha value is -1.36. The molecule has 1 unspecified atom stereocenters. The lowest BCUT2D eigenvalue weighted by Crippen LogP contribution is -2.45. The highest BCUT2D eigenvalue weighted by Crippen LogP contribution is 2.28. The Morgan fingerprint density at radius 2 is 2.10 bits per heavy atom. The average Bonchev–Trinajstić information content (AvgIpc) is 2.53. The van der Waals surface area contributed by atoms with Gasteiger partial charge in [0, 0.05) is 23.1 Å². The predicted octanol–water partition coefficient (Wildman–Crippen LogP) is 3.03. The van der Waals surface area contributed by atoms with Crippen LogP contribution in [0.1, 0.15) is 32.3 Å². The number of amides is 2. The van der Waals surface area contributed by atoms with Gasteiger partial charge in [0.15, 0.2) is 0 Å². The third-order valence-electron chi connectivity index (χ3n) is 3.70. The Bertz CT molecular complexity index is 557. The van der Waals surface area contributed by atoms with Gasteiger partial charge in [-0.3, -0.25) is 9.59 Å². The Balaban J connectivity index is 2.35. The van der Waals surface area contributed by atoms with Crippen molar-refractivity contribution in [3.63, 3.8) is 0 Å². The lowest BCUT2D eigenvalue weighted by Gasteiger charge is -2.26. The molecule has 1 aromatic rings. The number of carbonyl (C=O) groups is 2. The van der Waals surface area contributed by atoms with E-state index in [2.05, 4.69) is 35.1 Å². The third-order valence-corrected chi connectivity index (χ3v) is 4.56. The molecule has 5 heteroatoms. The first kappa shape index (κ1) is 16.0. The minimum atomic E-state index is -0.432. The molecule has 0 aliphatic carbocycles. The minimum absolute atomic E-state index is 0.0178. The first-order valence-electron chi connectivity index (χ1n) is 7.26. The minimum Gasteiger partial charge on any atom is -0.344 e. The van der Waals surface area contributed by atoms with Gasteiger partial charge in [0.25, 0.3) is 0 Å². The number of nitrogens with zero attached hydrogens (tertiary/aromatic N) is 1. The van der Waals surface area contributed by atoms with E-state index < -0.39 is 6.04 Å². The zero-order chi connectivity index (χ0) is 15.6. The Morgan fingerprint density at radius 3 is 2.76 bits per heavy atom. The van der Waals surface area contributed by atoms with Crippen molar-refractivity contribution in [2.75, 3.05) is 11.4 Å². The van der Waals surface area contributed by atoms with Gasteiger partial charge in [-0.2, -0.15) is 0 Å². The van der Waals surface area contributed by atoms with Crippen molar-refractivity contribution in [1.29, 1.82) is 0 Å². The largest absolute Gasteiger partial charge is 0.344 e. The van der Waals surface area contributed by atoms with E-state index >= 15 is 0 Å². The van der Waals surface area contributed by atoms with Crippen molar-refractivity contribution >= 4 is 33.4 Å². The molecule has 1 fully saturated rings. The van der Waals surface area contributed by atoms with Gasteiger partial charge in [0.1, 0.15) is 6.04 Å². The highest BCUT2D eigenvalue weighted by atomic mass is 79.9. The summed E-state index contributed by atoms with van der Waals surface area (Å²) < 4.78 is 0.969. The molecule has 2 rings (SSSR count). The summed E-state index contributed by atoms with van der Waals surface area (Å²) in [5.41, 5.74) is 1.89. The molecule has 0 spiro atoms. The Morgan fingerprint density at radius 1 is 1.38 bits per heavy atom. The van der Waals surface area contributed by atoms with E-state index in [-0.39, 0.29) is 11.8 Å². The Labute approximate surface area is 134 Å². The van der Waals surface area contributed by atoms with Gasteiger partial charge >= 0.3 is 0 Å². The molecule has 2 amide bonds. The van der Waals surface area contributed by atoms with Crippen LogP contribution in [0.3, 0.4) is 0 Å². The van der Waals surface area contributed by atoms with Crippen molar-refractivity contribution in [2.45, 2.75) is 39.7 Å². The first-order chi connectivity index (χ1) is 9.90. The number of carbonyl (C=O) groups excluding carboxylic acids is 2. The maximum Gasteiger partial charge on any atom is 0.249 e. The SMILES string of the molecule is Cc1c(Br)cccc1N1CCC(=O)NC(CC(C)C)C1=O. The van der Waals surface area contributed by atoms with Gasteiger partial charge in [0.2, 0.25) is 11.8 Å². The fraction of sp³-hybridized carbons (Fsp3) is 0.500. The van der Waals surface area contributed by atoms with Gasteiger partial charge in [-0.05, 0) is 37.0 Å². The van der Waals surface area contributed by atoms with Crippen LogP contribution >= 0.6 is 15.9 Å². The van der Waals surface area contributed by atoms with Crippen LogP contribution in [0.15, 0.2) is 22.7 Å². The summed E-state index contributed by atoms with van der Waals surface area (Å²) in [5, 5.41) is 2.85. The van der Waals surface area contributed by atoms with Crippen LogP contribution in [-0.2, 0) is 9.59 Å². The Kier molecular flexibility index (Phi) is 5.04. The standard InChI is InChI=1S/C16H21BrN2O2/c1-10(2)9-13-16(21)19(8-7-15(20)18-13)14-6-4-5-12(17)11(14)3/h4-6,10,13H,7-9H2,1-3H3,(H,18,20). The maximum atomic E-state index is 12.8. The smallest absolute Gasteiger partial charge is 0.249 e. The monoisotopic (exact) mass is 352 g/mol. The molecule has 1 saturated heterocycles. The molecule has 4 nitrogen and oxygen atoms in total. The molecule has 114 valence electrons. The fourth-order valence-corrected chi connectivity index (χ4v) is 2.95. The van der Waals surface area contributed by atoms with E-state index in [0.717, 1.165) is 15.7 Å². The quantitative estimate of drug-likeness (QED) is 0.908. The molecule has 1 aromatic carbocycles. The number of rotatable bonds is 3. The number of hydrogen-bond donors (Lipinski definition) is 1. The molecular weight excluding hydrogens is 332 g/mol. The molecule has 1 N–H and O–H groups in total. The summed E-state index contributed by atoms with van der Waals surface area (Å²) in [6, 6.07) is 5.37. The zero-order valence-electron chi connectivity index (χ0n) is 12.6. The van der Waals surface area contributed by atoms with Crippen LogP contribution in [0.4, 0.5) is 5.69 Å². The molecule has 1 heterocycles. The zero-order valence-corrected chi connectivity index (χ0v) is 14.2. The van der Waals surface area contributed by atoms with E-state index in [9.17, 15) is 9.59 Å². The molecule has 0 saturated carbocycles. The van der Waals surface area contributed by atoms with E-state index in [1.54, 1.807) is 4.90 Å². The first-order valence-corrected chi connectivity index (χ1v) is 8.05. The molecular formula is C16H21BrN2O2. The lowest BCUT2D eigenvalue weighted by molar-refractivity contribution is -0.125. The van der Waals surface area contributed by atoms with E-state index in [0.29, 0.717) is 25.3 Å². The molecule has 1 aliphatic rings. The number of benzene rings is 1. The van der Waals surface area contributed by atoms with Crippen LogP contribution in [0.25, 0.3) is 0 Å². The molecule has 1 atom stereocenters. The summed E-state index contributed by atoms with van der Waals surface area (Å²) in [6.07, 6.45) is 1.00. The topological polar surface area (TPSA) is 49.4 Å². The van der Waals surface area contributed by atoms with Crippen molar-refractivity contribution < 1.29 is 9.59 Å². The van der Waals surface area contributed by atoms with Crippen LogP contribution < -0.4 is 10.2 Å². The summed E-state index contributed by atoms with van der Waals surface area (Å²) in [6.45, 7) is 6.51. The predicted molar refractivity (Wildman–Crippen MR) is 87.2 cm³/mol. The number of anilines is 1. The third kappa shape index (κ3) is 3.64. The number of hydrogen-bond acceptors (Lipinski definition) is 2. The van der Waals surface area contributed by atoms with Crippen LogP contribution in [0.5, 0.6) is 0 Å². The van der Waals surface area contributed by atoms with Crippen molar-refractivity contribution in [3.05, 3.63) is 28.2 Å². The normalized spacial score (nSPS) is 19.7. The van der Waals surface area contributed by atoms with Crippen LogP contribution in [-0.4, -0.2) is 24.4 Å². The van der Waals surface area contributed by atoms with Crippen molar-refractivity contribution in [1.82, 2.24) is 5.32 Å². The second kappa shape index (κ2) is 6.60. The average molecular weight is 353 g/mol. The van der Waals surface area contributed by atoms with Crippen molar-refractivity contribution in [2.24, 2.45) is 5.92 Å².